The number of aromatic nitrogens is 1. The van der Waals surface area contributed by atoms with Crippen molar-refractivity contribution in [3.05, 3.63) is 40.6 Å². The number of rotatable bonds is 2. The molecule has 21 heavy (non-hydrogen) atoms. The molecule has 0 unspecified atom stereocenters. The van der Waals surface area contributed by atoms with Gasteiger partial charge in [-0.1, -0.05) is 0 Å². The Morgan fingerprint density at radius 3 is 2.90 bits per heavy atom. The van der Waals surface area contributed by atoms with E-state index < -0.39 is 0 Å². The third kappa shape index (κ3) is 2.54. The van der Waals surface area contributed by atoms with Crippen LogP contribution in [0.5, 0.6) is 0 Å². The Labute approximate surface area is 122 Å². The van der Waals surface area contributed by atoms with Gasteiger partial charge in [0.1, 0.15) is 5.52 Å². The van der Waals surface area contributed by atoms with Gasteiger partial charge < -0.3 is 10.2 Å². The lowest BCUT2D eigenvalue weighted by Crippen LogP contribution is -2.57. The van der Waals surface area contributed by atoms with Crippen molar-refractivity contribution in [2.45, 2.75) is 19.4 Å². The SMILES string of the molecule is CC1(C)CN(c2ccc([N+](=O)[O-])c3cccnc23)CCN1. The lowest BCUT2D eigenvalue weighted by molar-refractivity contribution is -0.383. The van der Waals surface area contributed by atoms with Gasteiger partial charge in [-0.15, -0.1) is 0 Å². The summed E-state index contributed by atoms with van der Waals surface area (Å²) in [6.07, 6.45) is 1.68. The quantitative estimate of drug-likeness (QED) is 0.677. The second-order valence-electron chi connectivity index (χ2n) is 5.99. The minimum Gasteiger partial charge on any atom is -0.367 e. The highest BCUT2D eigenvalue weighted by Crippen LogP contribution is 2.33. The smallest absolute Gasteiger partial charge is 0.278 e. The molecule has 1 aromatic carbocycles. The molecule has 1 fully saturated rings. The lowest BCUT2D eigenvalue weighted by Gasteiger charge is -2.40. The number of hydrogen-bond acceptors (Lipinski definition) is 5. The first-order valence-electron chi connectivity index (χ1n) is 7.00. The molecule has 1 saturated heterocycles. The van der Waals surface area contributed by atoms with E-state index in [1.165, 1.54) is 0 Å². The van der Waals surface area contributed by atoms with E-state index in [0.29, 0.717) is 10.9 Å². The molecule has 1 N–H and O–H groups in total. The van der Waals surface area contributed by atoms with Crippen LogP contribution in [-0.4, -0.2) is 35.1 Å². The maximum absolute atomic E-state index is 11.2. The molecule has 0 aliphatic carbocycles. The molecule has 0 radical (unpaired) electrons. The number of benzene rings is 1. The van der Waals surface area contributed by atoms with E-state index in [9.17, 15) is 10.1 Å². The predicted molar refractivity (Wildman–Crippen MR) is 82.7 cm³/mol. The largest absolute Gasteiger partial charge is 0.367 e. The zero-order valence-electron chi connectivity index (χ0n) is 12.2. The normalized spacial score (nSPS) is 17.9. The van der Waals surface area contributed by atoms with Gasteiger partial charge in [0, 0.05) is 37.4 Å². The van der Waals surface area contributed by atoms with Crippen LogP contribution in [0.3, 0.4) is 0 Å². The molecular formula is C15H18N4O2. The van der Waals surface area contributed by atoms with Gasteiger partial charge in [-0.2, -0.15) is 0 Å². The van der Waals surface area contributed by atoms with E-state index >= 15 is 0 Å². The molecule has 2 aromatic rings. The first kappa shape index (κ1) is 13.8. The van der Waals surface area contributed by atoms with Crippen LogP contribution in [0, 0.1) is 10.1 Å². The third-order valence-electron chi connectivity index (χ3n) is 3.83. The van der Waals surface area contributed by atoms with E-state index in [-0.39, 0.29) is 16.1 Å². The molecule has 0 bridgehead atoms. The molecule has 0 atom stereocenters. The maximum atomic E-state index is 11.2. The number of fused-ring (bicyclic) bond motifs is 1. The second-order valence-corrected chi connectivity index (χ2v) is 5.99. The summed E-state index contributed by atoms with van der Waals surface area (Å²) < 4.78 is 0. The van der Waals surface area contributed by atoms with Crippen molar-refractivity contribution in [3.8, 4) is 0 Å². The predicted octanol–water partition coefficient (Wildman–Crippen LogP) is 2.33. The molecule has 6 nitrogen and oxygen atoms in total. The molecule has 1 aliphatic rings. The summed E-state index contributed by atoms with van der Waals surface area (Å²) >= 11 is 0. The van der Waals surface area contributed by atoms with E-state index in [1.807, 2.05) is 6.07 Å². The fraction of sp³-hybridized carbons (Fsp3) is 0.400. The van der Waals surface area contributed by atoms with Gasteiger partial charge in [0.15, 0.2) is 0 Å². The molecule has 0 spiro atoms. The van der Waals surface area contributed by atoms with Crippen LogP contribution in [0.2, 0.25) is 0 Å². The van der Waals surface area contributed by atoms with Crippen LogP contribution in [0.4, 0.5) is 11.4 Å². The number of non-ortho nitro benzene ring substituents is 1. The molecule has 6 heteroatoms. The van der Waals surface area contributed by atoms with Gasteiger partial charge in [0.2, 0.25) is 0 Å². The minimum absolute atomic E-state index is 0.0150. The average molecular weight is 286 g/mol. The summed E-state index contributed by atoms with van der Waals surface area (Å²) in [5, 5.41) is 15.2. The van der Waals surface area contributed by atoms with Crippen LogP contribution < -0.4 is 10.2 Å². The highest BCUT2D eigenvalue weighted by atomic mass is 16.6. The summed E-state index contributed by atoms with van der Waals surface area (Å²) in [5.74, 6) is 0. The van der Waals surface area contributed by atoms with Crippen molar-refractivity contribution in [1.82, 2.24) is 10.3 Å². The van der Waals surface area contributed by atoms with Crippen molar-refractivity contribution < 1.29 is 4.92 Å². The number of nitrogens with zero attached hydrogens (tertiary/aromatic N) is 3. The Kier molecular flexibility index (Phi) is 3.25. The molecule has 0 saturated carbocycles. The molecule has 1 aromatic heterocycles. The van der Waals surface area contributed by atoms with Crippen molar-refractivity contribution in [1.29, 1.82) is 0 Å². The number of pyridine rings is 1. The van der Waals surface area contributed by atoms with Crippen molar-refractivity contribution in [2.24, 2.45) is 0 Å². The van der Waals surface area contributed by atoms with Gasteiger partial charge in [0.25, 0.3) is 5.69 Å². The number of nitrogens with one attached hydrogen (secondary N) is 1. The van der Waals surface area contributed by atoms with Gasteiger partial charge in [-0.3, -0.25) is 15.1 Å². The molecule has 110 valence electrons. The van der Waals surface area contributed by atoms with Gasteiger partial charge in [0.05, 0.1) is 16.0 Å². The van der Waals surface area contributed by atoms with Crippen molar-refractivity contribution >= 4 is 22.3 Å². The Morgan fingerprint density at radius 2 is 2.19 bits per heavy atom. The Balaban J connectivity index is 2.12. The van der Waals surface area contributed by atoms with Crippen LogP contribution >= 0.6 is 0 Å². The number of hydrogen-bond donors (Lipinski definition) is 1. The highest BCUT2D eigenvalue weighted by Gasteiger charge is 2.27. The van der Waals surface area contributed by atoms with Crippen LogP contribution in [0.25, 0.3) is 10.9 Å². The zero-order chi connectivity index (χ0) is 15.0. The lowest BCUT2D eigenvalue weighted by atomic mass is 10.0. The van der Waals surface area contributed by atoms with Gasteiger partial charge in [-0.05, 0) is 32.0 Å². The summed E-state index contributed by atoms with van der Waals surface area (Å²) in [6, 6.07) is 6.89. The monoisotopic (exact) mass is 286 g/mol. The Bertz CT molecular complexity index is 699. The second kappa shape index (κ2) is 4.96. The van der Waals surface area contributed by atoms with Crippen molar-refractivity contribution in [3.63, 3.8) is 0 Å². The maximum Gasteiger partial charge on any atom is 0.278 e. The topological polar surface area (TPSA) is 71.3 Å². The third-order valence-corrected chi connectivity index (χ3v) is 3.83. The minimum atomic E-state index is -0.352. The van der Waals surface area contributed by atoms with Crippen LogP contribution in [0.15, 0.2) is 30.5 Å². The first-order chi connectivity index (χ1) is 9.98. The summed E-state index contributed by atoms with van der Waals surface area (Å²) in [5.41, 5.74) is 1.78. The summed E-state index contributed by atoms with van der Waals surface area (Å²) in [4.78, 5) is 17.4. The number of piperazine rings is 1. The molecule has 2 heterocycles. The Morgan fingerprint density at radius 1 is 1.38 bits per heavy atom. The van der Waals surface area contributed by atoms with E-state index in [2.05, 4.69) is 29.0 Å². The standard InChI is InChI=1S/C15H18N4O2/c1-15(2)10-18(9-8-17-15)13-6-5-12(19(20)21)11-4-3-7-16-14(11)13/h3-7,17H,8-10H2,1-2H3. The average Bonchev–Trinajstić information content (AvgIpc) is 2.44. The first-order valence-corrected chi connectivity index (χ1v) is 7.00. The van der Waals surface area contributed by atoms with E-state index in [4.69, 9.17) is 0 Å². The number of anilines is 1. The van der Waals surface area contributed by atoms with Gasteiger partial charge in [-0.25, -0.2) is 0 Å². The molecule has 0 amide bonds. The number of nitro benzene ring substituents is 1. The van der Waals surface area contributed by atoms with E-state index in [0.717, 1.165) is 25.3 Å². The summed E-state index contributed by atoms with van der Waals surface area (Å²) in [6.45, 7) is 6.90. The molecular weight excluding hydrogens is 268 g/mol. The summed E-state index contributed by atoms with van der Waals surface area (Å²) in [7, 11) is 0. The van der Waals surface area contributed by atoms with E-state index in [1.54, 1.807) is 24.4 Å². The molecule has 1 aliphatic heterocycles. The Hall–Kier alpha value is -2.21. The highest BCUT2D eigenvalue weighted by molar-refractivity contribution is 5.97. The fourth-order valence-corrected chi connectivity index (χ4v) is 2.90. The van der Waals surface area contributed by atoms with Crippen molar-refractivity contribution in [2.75, 3.05) is 24.5 Å². The van der Waals surface area contributed by atoms with Crippen LogP contribution in [0.1, 0.15) is 13.8 Å². The zero-order valence-corrected chi connectivity index (χ0v) is 12.2. The van der Waals surface area contributed by atoms with Gasteiger partial charge >= 0.3 is 0 Å². The fourth-order valence-electron chi connectivity index (χ4n) is 2.90. The number of nitro groups is 1. The molecule has 3 rings (SSSR count). The van der Waals surface area contributed by atoms with Crippen LogP contribution in [-0.2, 0) is 0 Å².